The highest BCUT2D eigenvalue weighted by atomic mass is 16.5. The lowest BCUT2D eigenvalue weighted by Crippen LogP contribution is -2.56. The summed E-state index contributed by atoms with van der Waals surface area (Å²) in [5.41, 5.74) is 8.53. The molecule has 0 unspecified atom stereocenters. The van der Waals surface area contributed by atoms with Crippen molar-refractivity contribution in [3.8, 4) is 5.75 Å². The van der Waals surface area contributed by atoms with Crippen molar-refractivity contribution < 1.29 is 14.3 Å². The number of nitrogens with two attached hydrogens (primary N) is 1. The Balaban J connectivity index is 1.64. The molecule has 0 bridgehead atoms. The molecule has 3 aromatic rings. The lowest BCUT2D eigenvalue weighted by atomic mass is 10.0. The lowest BCUT2D eigenvalue weighted by Gasteiger charge is -2.26. The van der Waals surface area contributed by atoms with Gasteiger partial charge in [-0.2, -0.15) is 0 Å². The van der Waals surface area contributed by atoms with E-state index in [1.165, 1.54) is 0 Å². The van der Waals surface area contributed by atoms with Crippen molar-refractivity contribution in [1.29, 1.82) is 0 Å². The van der Waals surface area contributed by atoms with E-state index >= 15 is 0 Å². The molecule has 0 aliphatic heterocycles. The number of hydrogen-bond donors (Lipinski definition) is 3. The number of nitrogens with zero attached hydrogens (tertiary/aromatic N) is 1. The summed E-state index contributed by atoms with van der Waals surface area (Å²) in [7, 11) is 0. The molecule has 7 heteroatoms. The first-order valence-electron chi connectivity index (χ1n) is 11.7. The highest BCUT2D eigenvalue weighted by Gasteiger charge is 2.27. The van der Waals surface area contributed by atoms with E-state index in [4.69, 9.17) is 10.5 Å². The number of ether oxygens (including phenoxy) is 1. The van der Waals surface area contributed by atoms with Gasteiger partial charge in [-0.1, -0.05) is 48.5 Å². The zero-order valence-electron chi connectivity index (χ0n) is 20.5. The van der Waals surface area contributed by atoms with Gasteiger partial charge in [0.05, 0.1) is 6.04 Å². The highest BCUT2D eigenvalue weighted by molar-refractivity contribution is 5.90. The molecule has 0 radical (unpaired) electrons. The highest BCUT2D eigenvalue weighted by Crippen LogP contribution is 2.16. The number of aromatic nitrogens is 1. The molecule has 7 nitrogen and oxygen atoms in total. The molecule has 2 aromatic carbocycles. The number of rotatable bonds is 10. The Morgan fingerprint density at radius 1 is 0.886 bits per heavy atom. The van der Waals surface area contributed by atoms with Crippen LogP contribution in [0.2, 0.25) is 0 Å². The summed E-state index contributed by atoms with van der Waals surface area (Å²) in [4.78, 5) is 29.9. The third kappa shape index (κ3) is 8.87. The SMILES string of the molecule is CC(C)(C)NC(=O)[C@H](Cc1ccc(OCc2ccccc2)cc1)NC(=O)[C@@H](N)Cc1cccnc1. The molecule has 2 atom stereocenters. The van der Waals surface area contributed by atoms with Crippen LogP contribution in [0.1, 0.15) is 37.5 Å². The molecule has 184 valence electrons. The standard InChI is InChI=1S/C28H34N4O3/c1-28(2,3)32-27(34)25(31-26(33)24(29)16-22-10-7-15-30-18-22)17-20-11-13-23(14-12-20)35-19-21-8-5-4-6-9-21/h4-15,18,24-25H,16-17,19,29H2,1-3H3,(H,31,33)(H,32,34)/t24-,25-/m0/s1. The van der Waals surface area contributed by atoms with Gasteiger partial charge in [0.2, 0.25) is 11.8 Å². The molecule has 0 aliphatic carbocycles. The largest absolute Gasteiger partial charge is 0.489 e. The number of benzene rings is 2. The monoisotopic (exact) mass is 474 g/mol. The summed E-state index contributed by atoms with van der Waals surface area (Å²) in [6.45, 7) is 6.17. The van der Waals surface area contributed by atoms with Gasteiger partial charge >= 0.3 is 0 Å². The molecule has 3 rings (SSSR count). The molecule has 35 heavy (non-hydrogen) atoms. The van der Waals surface area contributed by atoms with Crippen molar-refractivity contribution in [2.75, 3.05) is 0 Å². The van der Waals surface area contributed by atoms with E-state index in [1.807, 2.05) is 81.4 Å². The van der Waals surface area contributed by atoms with Gasteiger partial charge in [-0.05, 0) is 62.1 Å². The number of hydrogen-bond acceptors (Lipinski definition) is 5. The Labute approximate surface area is 207 Å². The van der Waals surface area contributed by atoms with E-state index in [-0.39, 0.29) is 11.8 Å². The molecule has 2 amide bonds. The van der Waals surface area contributed by atoms with Crippen LogP contribution < -0.4 is 21.1 Å². The second kappa shape index (κ2) is 12.1. The Bertz CT molecular complexity index is 1080. The van der Waals surface area contributed by atoms with Crippen molar-refractivity contribution >= 4 is 11.8 Å². The van der Waals surface area contributed by atoms with Gasteiger partial charge in [-0.25, -0.2) is 0 Å². The average molecular weight is 475 g/mol. The normalized spacial score (nSPS) is 12.9. The number of carbonyl (C=O) groups excluding carboxylic acids is 2. The second-order valence-electron chi connectivity index (χ2n) is 9.59. The summed E-state index contributed by atoms with van der Waals surface area (Å²) in [6, 6.07) is 19.6. The van der Waals surface area contributed by atoms with E-state index in [2.05, 4.69) is 15.6 Å². The lowest BCUT2D eigenvalue weighted by molar-refractivity contribution is -0.130. The molecule has 0 saturated carbocycles. The van der Waals surface area contributed by atoms with Gasteiger partial charge in [0.15, 0.2) is 0 Å². The van der Waals surface area contributed by atoms with Crippen LogP contribution in [0, 0.1) is 0 Å². The quantitative estimate of drug-likeness (QED) is 0.419. The van der Waals surface area contributed by atoms with E-state index in [0.717, 1.165) is 22.4 Å². The number of carbonyl (C=O) groups is 2. The van der Waals surface area contributed by atoms with Crippen LogP contribution in [0.15, 0.2) is 79.1 Å². The van der Waals surface area contributed by atoms with Crippen LogP contribution in [-0.4, -0.2) is 34.4 Å². The van der Waals surface area contributed by atoms with Crippen LogP contribution >= 0.6 is 0 Å². The van der Waals surface area contributed by atoms with Gasteiger partial charge in [0.25, 0.3) is 0 Å². The van der Waals surface area contributed by atoms with Crippen LogP contribution in [0.5, 0.6) is 5.75 Å². The fourth-order valence-corrected chi connectivity index (χ4v) is 3.51. The van der Waals surface area contributed by atoms with E-state index < -0.39 is 17.6 Å². The van der Waals surface area contributed by atoms with Gasteiger partial charge in [-0.15, -0.1) is 0 Å². The molecule has 1 aromatic heterocycles. The molecule has 0 aliphatic rings. The first-order chi connectivity index (χ1) is 16.7. The summed E-state index contributed by atoms with van der Waals surface area (Å²) in [5.74, 6) is 0.0883. The molecule has 0 saturated heterocycles. The molecule has 1 heterocycles. The van der Waals surface area contributed by atoms with E-state index in [0.29, 0.717) is 19.4 Å². The molecule has 0 fully saturated rings. The average Bonchev–Trinajstić information content (AvgIpc) is 2.83. The number of nitrogens with one attached hydrogen (secondary N) is 2. The van der Waals surface area contributed by atoms with E-state index in [1.54, 1.807) is 18.5 Å². The van der Waals surface area contributed by atoms with Crippen LogP contribution in [0.4, 0.5) is 0 Å². The summed E-state index contributed by atoms with van der Waals surface area (Å²) >= 11 is 0. The topological polar surface area (TPSA) is 106 Å². The fourth-order valence-electron chi connectivity index (χ4n) is 3.51. The van der Waals surface area contributed by atoms with Crippen LogP contribution in [0.3, 0.4) is 0 Å². The summed E-state index contributed by atoms with van der Waals surface area (Å²) in [5, 5.41) is 5.80. The van der Waals surface area contributed by atoms with Crippen molar-refractivity contribution in [3.63, 3.8) is 0 Å². The van der Waals surface area contributed by atoms with Crippen molar-refractivity contribution in [2.45, 2.75) is 57.8 Å². The summed E-state index contributed by atoms with van der Waals surface area (Å²) < 4.78 is 5.85. The predicted octanol–water partition coefficient (Wildman–Crippen LogP) is 3.17. The zero-order valence-corrected chi connectivity index (χ0v) is 20.5. The first kappa shape index (κ1) is 25.9. The summed E-state index contributed by atoms with van der Waals surface area (Å²) in [6.07, 6.45) is 4.01. The Morgan fingerprint density at radius 2 is 1.57 bits per heavy atom. The minimum Gasteiger partial charge on any atom is -0.489 e. The number of pyridine rings is 1. The minimum absolute atomic E-state index is 0.260. The van der Waals surface area contributed by atoms with Crippen LogP contribution in [-0.2, 0) is 29.0 Å². The fraction of sp³-hybridized carbons (Fsp3) is 0.321. The van der Waals surface area contributed by atoms with Gasteiger partial charge < -0.3 is 21.1 Å². The molecule has 4 N–H and O–H groups in total. The molecule has 0 spiro atoms. The van der Waals surface area contributed by atoms with E-state index in [9.17, 15) is 9.59 Å². The van der Waals surface area contributed by atoms with Gasteiger partial charge in [0, 0.05) is 24.4 Å². The van der Waals surface area contributed by atoms with Crippen LogP contribution in [0.25, 0.3) is 0 Å². The van der Waals surface area contributed by atoms with Crippen molar-refractivity contribution in [1.82, 2.24) is 15.6 Å². The third-order valence-electron chi connectivity index (χ3n) is 5.26. The Hall–Kier alpha value is -3.71. The minimum atomic E-state index is -0.794. The zero-order chi connectivity index (χ0) is 25.3. The predicted molar refractivity (Wildman–Crippen MR) is 137 cm³/mol. The van der Waals surface area contributed by atoms with Gasteiger partial charge in [-0.3, -0.25) is 14.6 Å². The smallest absolute Gasteiger partial charge is 0.243 e. The van der Waals surface area contributed by atoms with Gasteiger partial charge in [0.1, 0.15) is 18.4 Å². The molecular weight excluding hydrogens is 440 g/mol. The van der Waals surface area contributed by atoms with Crippen molar-refractivity contribution in [2.24, 2.45) is 5.73 Å². The maximum atomic E-state index is 13.0. The maximum Gasteiger partial charge on any atom is 0.243 e. The Kier molecular flexibility index (Phi) is 8.98. The maximum absolute atomic E-state index is 13.0. The van der Waals surface area contributed by atoms with Crippen molar-refractivity contribution in [3.05, 3.63) is 95.8 Å². The third-order valence-corrected chi connectivity index (χ3v) is 5.26. The first-order valence-corrected chi connectivity index (χ1v) is 11.7. The Morgan fingerprint density at radius 3 is 2.20 bits per heavy atom. The number of amides is 2. The second-order valence-corrected chi connectivity index (χ2v) is 9.59. The molecular formula is C28H34N4O3.